The van der Waals surface area contributed by atoms with E-state index in [0.717, 1.165) is 45.3 Å². The Bertz CT molecular complexity index is 175. The van der Waals surface area contributed by atoms with E-state index in [1.165, 1.54) is 19.4 Å². The first-order valence-corrected chi connectivity index (χ1v) is 6.97. The van der Waals surface area contributed by atoms with Crippen LogP contribution in [0.1, 0.15) is 12.8 Å². The molecule has 1 unspecified atom stereocenters. The monoisotopic (exact) mass is 260 g/mol. The van der Waals surface area contributed by atoms with Crippen molar-refractivity contribution in [3.8, 4) is 0 Å². The zero-order valence-electron chi connectivity index (χ0n) is 11.6. The highest BCUT2D eigenvalue weighted by molar-refractivity contribution is 4.74. The number of ether oxygens (including phenoxy) is 2. The van der Waals surface area contributed by atoms with Gasteiger partial charge in [-0.2, -0.15) is 0 Å². The minimum absolute atomic E-state index is 0.117. The lowest BCUT2D eigenvalue weighted by Crippen LogP contribution is -2.41. The molecule has 0 spiro atoms. The first kappa shape index (κ1) is 15.9. The van der Waals surface area contributed by atoms with E-state index in [9.17, 15) is 0 Å². The molecule has 0 bridgehead atoms. The van der Waals surface area contributed by atoms with Crippen molar-refractivity contribution < 1.29 is 14.6 Å². The molecular formula is C13H28N2O3. The van der Waals surface area contributed by atoms with Crippen molar-refractivity contribution in [3.63, 3.8) is 0 Å². The normalized spacial score (nSPS) is 21.3. The van der Waals surface area contributed by atoms with E-state index in [2.05, 4.69) is 10.2 Å². The molecule has 0 aromatic heterocycles. The molecule has 1 aliphatic heterocycles. The Labute approximate surface area is 110 Å². The van der Waals surface area contributed by atoms with Gasteiger partial charge in [0, 0.05) is 26.7 Å². The van der Waals surface area contributed by atoms with Crippen LogP contribution in [0.25, 0.3) is 0 Å². The lowest BCUT2D eigenvalue weighted by molar-refractivity contribution is 0.0624. The Morgan fingerprint density at radius 3 is 3.00 bits per heavy atom. The van der Waals surface area contributed by atoms with Crippen molar-refractivity contribution in [1.29, 1.82) is 0 Å². The molecule has 1 rings (SSSR count). The molecule has 5 heteroatoms. The number of likely N-dealkylation sites (tertiary alicyclic amines) is 1. The summed E-state index contributed by atoms with van der Waals surface area (Å²) in [6, 6.07) is 0. The topological polar surface area (TPSA) is 54.0 Å². The fourth-order valence-corrected chi connectivity index (χ4v) is 2.36. The lowest BCUT2D eigenvalue weighted by Gasteiger charge is -2.32. The van der Waals surface area contributed by atoms with E-state index < -0.39 is 0 Å². The number of methoxy groups -OCH3 is 1. The number of nitrogens with zero attached hydrogens (tertiary/aromatic N) is 1. The summed E-state index contributed by atoms with van der Waals surface area (Å²) in [5.41, 5.74) is 0. The van der Waals surface area contributed by atoms with Gasteiger partial charge in [0.2, 0.25) is 0 Å². The van der Waals surface area contributed by atoms with E-state index in [0.29, 0.717) is 6.61 Å². The fourth-order valence-electron chi connectivity index (χ4n) is 2.36. The number of aliphatic hydroxyl groups is 1. The molecule has 5 nitrogen and oxygen atoms in total. The number of piperidine rings is 1. The van der Waals surface area contributed by atoms with Crippen molar-refractivity contribution in [2.45, 2.75) is 12.8 Å². The molecule has 0 radical (unpaired) electrons. The molecule has 1 aliphatic rings. The number of nitrogens with one attached hydrogen (secondary N) is 1. The molecule has 0 aliphatic carbocycles. The SMILES string of the molecule is COCCNCC1CCCN(CCOCCO)C1. The van der Waals surface area contributed by atoms with E-state index in [4.69, 9.17) is 14.6 Å². The predicted octanol–water partition coefficient (Wildman–Crippen LogP) is -0.0567. The Morgan fingerprint density at radius 1 is 1.33 bits per heavy atom. The van der Waals surface area contributed by atoms with Crippen LogP contribution >= 0.6 is 0 Å². The Hall–Kier alpha value is -0.200. The van der Waals surface area contributed by atoms with Crippen LogP contribution in [0.2, 0.25) is 0 Å². The summed E-state index contributed by atoms with van der Waals surface area (Å²) < 4.78 is 10.3. The quantitative estimate of drug-likeness (QED) is 0.539. The van der Waals surface area contributed by atoms with Gasteiger partial charge in [-0.15, -0.1) is 0 Å². The average molecular weight is 260 g/mol. The Kier molecular flexibility index (Phi) is 9.42. The maximum Gasteiger partial charge on any atom is 0.0698 e. The van der Waals surface area contributed by atoms with Gasteiger partial charge in [-0.1, -0.05) is 0 Å². The lowest BCUT2D eigenvalue weighted by atomic mass is 9.98. The first-order valence-electron chi connectivity index (χ1n) is 6.97. The van der Waals surface area contributed by atoms with Crippen molar-refractivity contribution in [2.75, 3.05) is 66.3 Å². The number of hydrogen-bond donors (Lipinski definition) is 2. The smallest absolute Gasteiger partial charge is 0.0698 e. The van der Waals surface area contributed by atoms with Crippen LogP contribution in [0.5, 0.6) is 0 Å². The summed E-state index contributed by atoms with van der Waals surface area (Å²) >= 11 is 0. The van der Waals surface area contributed by atoms with Crippen LogP contribution in [0, 0.1) is 5.92 Å². The highest BCUT2D eigenvalue weighted by atomic mass is 16.5. The summed E-state index contributed by atoms with van der Waals surface area (Å²) in [5.74, 6) is 0.744. The number of hydrogen-bond acceptors (Lipinski definition) is 5. The van der Waals surface area contributed by atoms with Crippen molar-refractivity contribution >= 4 is 0 Å². The second kappa shape index (κ2) is 10.7. The van der Waals surface area contributed by atoms with Gasteiger partial charge in [0.1, 0.15) is 0 Å². The fraction of sp³-hybridized carbons (Fsp3) is 1.00. The van der Waals surface area contributed by atoms with Gasteiger partial charge in [-0.25, -0.2) is 0 Å². The minimum Gasteiger partial charge on any atom is -0.394 e. The molecule has 0 saturated carbocycles. The van der Waals surface area contributed by atoms with E-state index in [1.54, 1.807) is 7.11 Å². The standard InChI is InChI=1S/C13H28N2O3/c1-17-8-4-14-11-13-3-2-5-15(12-13)6-9-18-10-7-16/h13-14,16H,2-12H2,1H3. The van der Waals surface area contributed by atoms with Gasteiger partial charge in [-0.05, 0) is 31.8 Å². The minimum atomic E-state index is 0.117. The van der Waals surface area contributed by atoms with Gasteiger partial charge in [0.05, 0.1) is 26.4 Å². The second-order valence-electron chi connectivity index (χ2n) is 4.84. The average Bonchev–Trinajstić information content (AvgIpc) is 2.40. The molecule has 18 heavy (non-hydrogen) atoms. The molecule has 1 atom stereocenters. The van der Waals surface area contributed by atoms with E-state index in [-0.39, 0.29) is 6.61 Å². The summed E-state index contributed by atoms with van der Waals surface area (Å²) in [7, 11) is 1.73. The highest BCUT2D eigenvalue weighted by Gasteiger charge is 2.18. The summed E-state index contributed by atoms with van der Waals surface area (Å²) in [6.45, 7) is 7.41. The second-order valence-corrected chi connectivity index (χ2v) is 4.84. The van der Waals surface area contributed by atoms with E-state index in [1.807, 2.05) is 0 Å². The molecule has 0 aromatic carbocycles. The van der Waals surface area contributed by atoms with Gasteiger partial charge >= 0.3 is 0 Å². The van der Waals surface area contributed by atoms with Crippen molar-refractivity contribution in [1.82, 2.24) is 10.2 Å². The molecule has 0 aromatic rings. The van der Waals surface area contributed by atoms with Gasteiger partial charge in [0.15, 0.2) is 0 Å². The molecule has 108 valence electrons. The predicted molar refractivity (Wildman–Crippen MR) is 71.8 cm³/mol. The third-order valence-electron chi connectivity index (χ3n) is 3.31. The third kappa shape index (κ3) is 7.28. The summed E-state index contributed by atoms with van der Waals surface area (Å²) in [6.07, 6.45) is 2.59. The largest absolute Gasteiger partial charge is 0.394 e. The maximum absolute atomic E-state index is 8.63. The van der Waals surface area contributed by atoms with Gasteiger partial charge in [0.25, 0.3) is 0 Å². The van der Waals surface area contributed by atoms with Crippen molar-refractivity contribution in [2.24, 2.45) is 5.92 Å². The zero-order valence-corrected chi connectivity index (χ0v) is 11.6. The van der Waals surface area contributed by atoms with Crippen LogP contribution in [0.4, 0.5) is 0 Å². The van der Waals surface area contributed by atoms with Crippen LogP contribution in [0.3, 0.4) is 0 Å². The van der Waals surface area contributed by atoms with Crippen LogP contribution in [-0.2, 0) is 9.47 Å². The van der Waals surface area contributed by atoms with Crippen LogP contribution in [-0.4, -0.2) is 76.3 Å². The van der Waals surface area contributed by atoms with Crippen LogP contribution < -0.4 is 5.32 Å². The molecular weight excluding hydrogens is 232 g/mol. The molecule has 1 fully saturated rings. The van der Waals surface area contributed by atoms with E-state index >= 15 is 0 Å². The summed E-state index contributed by atoms with van der Waals surface area (Å²) in [4.78, 5) is 2.46. The first-order chi connectivity index (χ1) is 8.86. The van der Waals surface area contributed by atoms with Gasteiger partial charge < -0.3 is 24.8 Å². The molecule has 2 N–H and O–H groups in total. The van der Waals surface area contributed by atoms with Gasteiger partial charge in [-0.3, -0.25) is 0 Å². The highest BCUT2D eigenvalue weighted by Crippen LogP contribution is 2.15. The maximum atomic E-state index is 8.63. The number of aliphatic hydroxyl groups excluding tert-OH is 1. The Balaban J connectivity index is 2.04. The molecule has 0 amide bonds. The molecule has 1 saturated heterocycles. The summed E-state index contributed by atoms with van der Waals surface area (Å²) in [5, 5.41) is 12.1. The van der Waals surface area contributed by atoms with Crippen LogP contribution in [0.15, 0.2) is 0 Å². The number of rotatable bonds is 10. The third-order valence-corrected chi connectivity index (χ3v) is 3.31. The zero-order chi connectivity index (χ0) is 13.1. The Morgan fingerprint density at radius 2 is 2.22 bits per heavy atom. The van der Waals surface area contributed by atoms with Crippen molar-refractivity contribution in [3.05, 3.63) is 0 Å². The molecule has 1 heterocycles.